The number of hydrogen-bond donors (Lipinski definition) is 2. The Kier molecular flexibility index (Phi) is 7.36. The van der Waals surface area contributed by atoms with Gasteiger partial charge in [-0.15, -0.1) is 0 Å². The Balaban J connectivity index is 1.74. The molecule has 1 aliphatic heterocycles. The van der Waals surface area contributed by atoms with Gasteiger partial charge in [0.15, 0.2) is 0 Å². The Bertz CT molecular complexity index is 485. The smallest absolute Gasteiger partial charge is 0.220 e. The van der Waals surface area contributed by atoms with E-state index >= 15 is 0 Å². The van der Waals surface area contributed by atoms with E-state index in [0.717, 1.165) is 37.4 Å². The zero-order valence-corrected chi connectivity index (χ0v) is 14.3. The fraction of sp³-hybridized carbons (Fsp3) is 0.611. The van der Waals surface area contributed by atoms with Gasteiger partial charge in [-0.25, -0.2) is 0 Å². The van der Waals surface area contributed by atoms with Gasteiger partial charge in [-0.2, -0.15) is 0 Å². The molecule has 1 unspecified atom stereocenters. The first kappa shape index (κ1) is 17.8. The van der Waals surface area contributed by atoms with Gasteiger partial charge < -0.3 is 20.3 Å². The minimum absolute atomic E-state index is 0.125. The molecule has 1 fully saturated rings. The van der Waals surface area contributed by atoms with E-state index < -0.39 is 0 Å². The molecular formula is C18H29N3O2. The molecule has 1 aliphatic rings. The number of ether oxygens (including phenoxy) is 1. The molecule has 128 valence electrons. The van der Waals surface area contributed by atoms with Crippen molar-refractivity contribution in [2.24, 2.45) is 5.92 Å². The van der Waals surface area contributed by atoms with Crippen molar-refractivity contribution >= 4 is 5.91 Å². The average molecular weight is 319 g/mol. The zero-order chi connectivity index (χ0) is 16.5. The number of nitrogens with zero attached hydrogens (tertiary/aromatic N) is 1. The number of hydrogen-bond acceptors (Lipinski definition) is 4. The third-order valence-corrected chi connectivity index (χ3v) is 4.19. The van der Waals surface area contributed by atoms with Gasteiger partial charge in [0.25, 0.3) is 0 Å². The van der Waals surface area contributed by atoms with Crippen LogP contribution in [0.3, 0.4) is 0 Å². The summed E-state index contributed by atoms with van der Waals surface area (Å²) in [5.74, 6) is 1.64. The minimum atomic E-state index is 0.125. The maximum atomic E-state index is 12.0. The van der Waals surface area contributed by atoms with E-state index in [1.165, 1.54) is 6.42 Å². The van der Waals surface area contributed by atoms with Crippen LogP contribution in [0.25, 0.3) is 0 Å². The summed E-state index contributed by atoms with van der Waals surface area (Å²) in [6.45, 7) is 4.18. The summed E-state index contributed by atoms with van der Waals surface area (Å²) < 4.78 is 5.82. The van der Waals surface area contributed by atoms with Crippen LogP contribution in [-0.2, 0) is 11.3 Å². The summed E-state index contributed by atoms with van der Waals surface area (Å²) in [4.78, 5) is 14.1. The number of rotatable bonds is 9. The van der Waals surface area contributed by atoms with Crippen molar-refractivity contribution in [3.8, 4) is 5.75 Å². The topological polar surface area (TPSA) is 53.6 Å². The molecule has 2 N–H and O–H groups in total. The van der Waals surface area contributed by atoms with Crippen LogP contribution in [0.1, 0.15) is 24.8 Å². The van der Waals surface area contributed by atoms with Crippen LogP contribution >= 0.6 is 0 Å². The minimum Gasteiger partial charge on any atom is -0.492 e. The number of para-hydroxylation sites is 1. The molecule has 0 bridgehead atoms. The van der Waals surface area contributed by atoms with E-state index in [1.54, 1.807) is 0 Å². The van der Waals surface area contributed by atoms with Gasteiger partial charge in [0.1, 0.15) is 12.4 Å². The molecule has 0 spiro atoms. The zero-order valence-electron chi connectivity index (χ0n) is 14.3. The summed E-state index contributed by atoms with van der Waals surface area (Å²) in [6.07, 6.45) is 2.77. The van der Waals surface area contributed by atoms with Crippen LogP contribution in [0.5, 0.6) is 5.75 Å². The van der Waals surface area contributed by atoms with Gasteiger partial charge in [0.2, 0.25) is 5.91 Å². The molecule has 0 radical (unpaired) electrons. The van der Waals surface area contributed by atoms with Crippen molar-refractivity contribution in [2.45, 2.75) is 25.8 Å². The third-order valence-electron chi connectivity index (χ3n) is 4.19. The number of amides is 1. The molecule has 23 heavy (non-hydrogen) atoms. The SMILES string of the molecule is CN(C)CCOc1ccccc1CNC(=O)CCC1CCNC1. The van der Waals surface area contributed by atoms with E-state index in [-0.39, 0.29) is 5.91 Å². The Morgan fingerprint density at radius 2 is 2.22 bits per heavy atom. The molecule has 1 saturated heterocycles. The first-order valence-electron chi connectivity index (χ1n) is 8.48. The van der Waals surface area contributed by atoms with Crippen LogP contribution in [0.2, 0.25) is 0 Å². The van der Waals surface area contributed by atoms with Crippen LogP contribution in [0.4, 0.5) is 0 Å². The second kappa shape index (κ2) is 9.53. The largest absolute Gasteiger partial charge is 0.492 e. The second-order valence-corrected chi connectivity index (χ2v) is 6.43. The van der Waals surface area contributed by atoms with E-state index in [0.29, 0.717) is 25.5 Å². The number of nitrogens with one attached hydrogen (secondary N) is 2. The fourth-order valence-electron chi connectivity index (χ4n) is 2.71. The summed E-state index contributed by atoms with van der Waals surface area (Å²) >= 11 is 0. The standard InChI is InChI=1S/C18H29N3O2/c1-21(2)11-12-23-17-6-4-3-5-16(17)14-20-18(22)8-7-15-9-10-19-13-15/h3-6,15,19H,7-14H2,1-2H3,(H,20,22). The predicted octanol–water partition coefficient (Wildman–Crippen LogP) is 1.63. The number of likely N-dealkylation sites (N-methyl/N-ethyl adjacent to an activating group) is 1. The van der Waals surface area contributed by atoms with Gasteiger partial charge in [-0.1, -0.05) is 18.2 Å². The van der Waals surface area contributed by atoms with Crippen LogP contribution in [0.15, 0.2) is 24.3 Å². The molecule has 1 atom stereocenters. The van der Waals surface area contributed by atoms with Crippen molar-refractivity contribution in [3.05, 3.63) is 29.8 Å². The predicted molar refractivity (Wildman–Crippen MR) is 92.5 cm³/mol. The Morgan fingerprint density at radius 3 is 2.96 bits per heavy atom. The molecule has 2 rings (SSSR count). The molecule has 1 aromatic rings. The Morgan fingerprint density at radius 1 is 1.39 bits per heavy atom. The lowest BCUT2D eigenvalue weighted by molar-refractivity contribution is -0.121. The lowest BCUT2D eigenvalue weighted by atomic mass is 10.0. The maximum Gasteiger partial charge on any atom is 0.220 e. The maximum absolute atomic E-state index is 12.0. The van der Waals surface area contributed by atoms with E-state index in [2.05, 4.69) is 15.5 Å². The quantitative estimate of drug-likeness (QED) is 0.726. The van der Waals surface area contributed by atoms with Crippen molar-refractivity contribution in [3.63, 3.8) is 0 Å². The Labute approximate surface area is 139 Å². The molecule has 1 heterocycles. The third kappa shape index (κ3) is 6.59. The van der Waals surface area contributed by atoms with E-state index in [9.17, 15) is 4.79 Å². The molecule has 1 aromatic carbocycles. The molecule has 5 heteroatoms. The first-order chi connectivity index (χ1) is 11.1. The molecular weight excluding hydrogens is 290 g/mol. The van der Waals surface area contributed by atoms with Crippen LogP contribution in [-0.4, -0.2) is 51.1 Å². The number of carbonyl (C=O) groups is 1. The monoisotopic (exact) mass is 319 g/mol. The fourth-order valence-corrected chi connectivity index (χ4v) is 2.71. The summed E-state index contributed by atoms with van der Waals surface area (Å²) in [5.41, 5.74) is 1.03. The van der Waals surface area contributed by atoms with Crippen molar-refractivity contribution in [2.75, 3.05) is 40.3 Å². The summed E-state index contributed by atoms with van der Waals surface area (Å²) in [7, 11) is 4.05. The summed E-state index contributed by atoms with van der Waals surface area (Å²) in [5, 5.41) is 6.35. The molecule has 0 saturated carbocycles. The van der Waals surface area contributed by atoms with Crippen LogP contribution in [0, 0.1) is 5.92 Å². The molecule has 1 amide bonds. The second-order valence-electron chi connectivity index (χ2n) is 6.43. The lowest BCUT2D eigenvalue weighted by Crippen LogP contribution is -2.24. The van der Waals surface area contributed by atoms with Crippen molar-refractivity contribution in [1.29, 1.82) is 0 Å². The first-order valence-corrected chi connectivity index (χ1v) is 8.48. The lowest BCUT2D eigenvalue weighted by Gasteiger charge is -2.14. The number of carbonyl (C=O) groups excluding carboxylic acids is 1. The van der Waals surface area contributed by atoms with Gasteiger partial charge >= 0.3 is 0 Å². The highest BCUT2D eigenvalue weighted by Gasteiger charge is 2.15. The average Bonchev–Trinajstić information content (AvgIpc) is 3.05. The highest BCUT2D eigenvalue weighted by molar-refractivity contribution is 5.75. The summed E-state index contributed by atoms with van der Waals surface area (Å²) in [6, 6.07) is 7.90. The number of benzene rings is 1. The van der Waals surface area contributed by atoms with E-state index in [4.69, 9.17) is 4.74 Å². The molecule has 5 nitrogen and oxygen atoms in total. The van der Waals surface area contributed by atoms with Crippen molar-refractivity contribution in [1.82, 2.24) is 15.5 Å². The van der Waals surface area contributed by atoms with Crippen LogP contribution < -0.4 is 15.4 Å². The highest BCUT2D eigenvalue weighted by Crippen LogP contribution is 2.18. The molecule has 0 aromatic heterocycles. The normalized spacial score (nSPS) is 17.4. The highest BCUT2D eigenvalue weighted by atomic mass is 16.5. The van der Waals surface area contributed by atoms with Gasteiger partial charge in [-0.05, 0) is 52.0 Å². The van der Waals surface area contributed by atoms with E-state index in [1.807, 2.05) is 38.4 Å². The van der Waals surface area contributed by atoms with Gasteiger partial charge in [0.05, 0.1) is 0 Å². The van der Waals surface area contributed by atoms with Gasteiger partial charge in [0, 0.05) is 25.1 Å². The van der Waals surface area contributed by atoms with Crippen molar-refractivity contribution < 1.29 is 9.53 Å². The molecule has 0 aliphatic carbocycles. The van der Waals surface area contributed by atoms with Gasteiger partial charge in [-0.3, -0.25) is 4.79 Å². The Hall–Kier alpha value is -1.59.